The number of piperazine rings is 1. The number of rotatable bonds is 9. The van der Waals surface area contributed by atoms with E-state index in [4.69, 9.17) is 4.74 Å². The summed E-state index contributed by atoms with van der Waals surface area (Å²) in [6.07, 6.45) is 4.64. The minimum atomic E-state index is 0.687. The van der Waals surface area contributed by atoms with Gasteiger partial charge in [0, 0.05) is 60.8 Å². The molecule has 0 saturated carbocycles. The Morgan fingerprint density at radius 1 is 1.06 bits per heavy atom. The first-order valence-electron chi connectivity index (χ1n) is 12.0. The van der Waals surface area contributed by atoms with Crippen LogP contribution in [0.25, 0.3) is 10.9 Å². The van der Waals surface area contributed by atoms with Crippen LogP contribution in [0.2, 0.25) is 0 Å². The largest absolute Gasteiger partial charge is 0.494 e. The number of H-pyrrole nitrogens is 1. The number of aromatic amines is 1. The summed E-state index contributed by atoms with van der Waals surface area (Å²) in [6.45, 7) is 7.48. The molecule has 32 heavy (non-hydrogen) atoms. The molecule has 6 heteroatoms. The van der Waals surface area contributed by atoms with Crippen LogP contribution in [0, 0.1) is 5.92 Å². The zero-order valence-corrected chi connectivity index (χ0v) is 19.6. The van der Waals surface area contributed by atoms with E-state index in [0.717, 1.165) is 70.9 Å². The van der Waals surface area contributed by atoms with E-state index in [2.05, 4.69) is 68.5 Å². The third-order valence-electron chi connectivity index (χ3n) is 6.68. The lowest BCUT2D eigenvalue weighted by Crippen LogP contribution is -2.43. The zero-order valence-electron chi connectivity index (χ0n) is 18.7. The van der Waals surface area contributed by atoms with Crippen LogP contribution >= 0.6 is 11.9 Å². The second kappa shape index (κ2) is 10.8. The summed E-state index contributed by atoms with van der Waals surface area (Å²) in [5, 5.41) is 4.80. The first-order chi connectivity index (χ1) is 15.8. The Balaban J connectivity index is 1.03. The summed E-state index contributed by atoms with van der Waals surface area (Å²) >= 11 is 1.73. The minimum absolute atomic E-state index is 0.687. The highest BCUT2D eigenvalue weighted by Crippen LogP contribution is 2.32. The van der Waals surface area contributed by atoms with Gasteiger partial charge in [0.15, 0.2) is 0 Å². The maximum Gasteiger partial charge on any atom is 0.119 e. The molecule has 3 aromatic rings. The molecule has 1 unspecified atom stereocenters. The molecule has 1 aliphatic carbocycles. The molecule has 0 amide bonds. The normalized spacial score (nSPS) is 19.2. The molecule has 0 bridgehead atoms. The summed E-state index contributed by atoms with van der Waals surface area (Å²) in [5.41, 5.74) is 4.26. The van der Waals surface area contributed by atoms with Gasteiger partial charge in [-0.25, -0.2) is 0 Å². The molecule has 1 atom stereocenters. The molecule has 3 N–H and O–H groups in total. The Kier molecular flexibility index (Phi) is 7.34. The number of hydrogen-bond acceptors (Lipinski definition) is 5. The zero-order chi connectivity index (χ0) is 21.6. The average Bonchev–Trinajstić information content (AvgIpc) is 3.21. The van der Waals surface area contributed by atoms with Gasteiger partial charge >= 0.3 is 0 Å². The lowest BCUT2D eigenvalue weighted by atomic mass is 9.86. The van der Waals surface area contributed by atoms with Crippen molar-refractivity contribution in [1.29, 1.82) is 0 Å². The van der Waals surface area contributed by atoms with E-state index >= 15 is 0 Å². The van der Waals surface area contributed by atoms with E-state index in [1.807, 2.05) is 0 Å². The number of aromatic nitrogens is 1. The quantitative estimate of drug-likeness (QED) is 0.336. The Bertz CT molecular complexity index is 997. The van der Waals surface area contributed by atoms with Crippen LogP contribution in [-0.4, -0.2) is 55.8 Å². The van der Waals surface area contributed by atoms with Gasteiger partial charge < -0.3 is 19.9 Å². The highest BCUT2D eigenvalue weighted by Gasteiger charge is 2.22. The highest BCUT2D eigenvalue weighted by molar-refractivity contribution is 7.97. The smallest absolute Gasteiger partial charge is 0.119 e. The van der Waals surface area contributed by atoms with Crippen molar-refractivity contribution >= 4 is 22.9 Å². The van der Waals surface area contributed by atoms with Crippen LogP contribution in [0.3, 0.4) is 0 Å². The molecule has 2 aromatic carbocycles. The number of para-hydroxylation sites is 1. The number of nitrogens with zero attached hydrogens (tertiary/aromatic N) is 1. The van der Waals surface area contributed by atoms with Crippen molar-refractivity contribution in [3.63, 3.8) is 0 Å². The van der Waals surface area contributed by atoms with Gasteiger partial charge in [-0.1, -0.05) is 18.2 Å². The monoisotopic (exact) mass is 450 g/mol. The lowest BCUT2D eigenvalue weighted by Gasteiger charge is -2.26. The number of nitrogens with one attached hydrogen (secondary N) is 3. The first kappa shape index (κ1) is 21.8. The predicted molar refractivity (Wildman–Crippen MR) is 134 cm³/mol. The molecular weight excluding hydrogens is 416 g/mol. The molecule has 2 heterocycles. The number of aryl methyl sites for hydroxylation is 1. The SMILES string of the molecule is c1ccc2c3c([nH]c2c1)CCC(CNSc1ccc(OCCCN2CCNCC2)cc1)C3. The summed E-state index contributed by atoms with van der Waals surface area (Å²) in [4.78, 5) is 7.36. The summed E-state index contributed by atoms with van der Waals surface area (Å²) in [7, 11) is 0. The minimum Gasteiger partial charge on any atom is -0.494 e. The molecule has 5 nitrogen and oxygen atoms in total. The van der Waals surface area contributed by atoms with E-state index < -0.39 is 0 Å². The molecule has 0 radical (unpaired) electrons. The third kappa shape index (κ3) is 5.49. The van der Waals surface area contributed by atoms with Crippen molar-refractivity contribution in [3.05, 3.63) is 59.8 Å². The van der Waals surface area contributed by atoms with E-state index in [9.17, 15) is 0 Å². The van der Waals surface area contributed by atoms with Crippen LogP contribution < -0.4 is 14.8 Å². The van der Waals surface area contributed by atoms with Gasteiger partial charge in [-0.05, 0) is 79.4 Å². The topological polar surface area (TPSA) is 52.3 Å². The van der Waals surface area contributed by atoms with Gasteiger partial charge in [0.2, 0.25) is 0 Å². The second-order valence-corrected chi connectivity index (χ2v) is 9.92. The number of hydrogen-bond donors (Lipinski definition) is 3. The number of ether oxygens (including phenoxy) is 1. The maximum absolute atomic E-state index is 5.94. The number of benzene rings is 2. The van der Waals surface area contributed by atoms with Gasteiger partial charge in [0.05, 0.1) is 6.61 Å². The third-order valence-corrected chi connectivity index (χ3v) is 7.50. The van der Waals surface area contributed by atoms with Gasteiger partial charge in [0.25, 0.3) is 0 Å². The Morgan fingerprint density at radius 3 is 2.78 bits per heavy atom. The van der Waals surface area contributed by atoms with Crippen molar-refractivity contribution in [2.75, 3.05) is 45.9 Å². The molecule has 1 aromatic heterocycles. The second-order valence-electron chi connectivity index (χ2n) is 8.95. The molecule has 170 valence electrons. The van der Waals surface area contributed by atoms with Crippen molar-refractivity contribution in [2.24, 2.45) is 5.92 Å². The molecule has 1 aliphatic heterocycles. The van der Waals surface area contributed by atoms with Gasteiger partial charge in [-0.3, -0.25) is 4.72 Å². The fourth-order valence-electron chi connectivity index (χ4n) is 4.88. The van der Waals surface area contributed by atoms with Crippen LogP contribution in [0.5, 0.6) is 5.75 Å². The maximum atomic E-state index is 5.94. The van der Waals surface area contributed by atoms with Crippen LogP contribution in [0.4, 0.5) is 0 Å². The summed E-state index contributed by atoms with van der Waals surface area (Å²) in [6, 6.07) is 17.2. The van der Waals surface area contributed by atoms with Crippen LogP contribution in [0.1, 0.15) is 24.1 Å². The van der Waals surface area contributed by atoms with Crippen LogP contribution in [-0.2, 0) is 12.8 Å². The van der Waals surface area contributed by atoms with Gasteiger partial charge in [0.1, 0.15) is 5.75 Å². The summed E-state index contributed by atoms with van der Waals surface area (Å²) in [5.74, 6) is 1.65. The Morgan fingerprint density at radius 2 is 1.91 bits per heavy atom. The molecule has 5 rings (SSSR count). The first-order valence-corrected chi connectivity index (χ1v) is 12.8. The average molecular weight is 451 g/mol. The van der Waals surface area contributed by atoms with E-state index in [1.165, 1.54) is 33.5 Å². The Labute approximate surface area is 195 Å². The Hall–Kier alpha value is -1.99. The molecule has 2 aliphatic rings. The fraction of sp³-hybridized carbons (Fsp3) is 0.462. The van der Waals surface area contributed by atoms with E-state index in [1.54, 1.807) is 11.9 Å². The fourth-order valence-corrected chi connectivity index (χ4v) is 5.63. The molecule has 1 fully saturated rings. The molecular formula is C26H34N4OS. The predicted octanol–water partition coefficient (Wildman–Crippen LogP) is 4.24. The van der Waals surface area contributed by atoms with Crippen LogP contribution in [0.15, 0.2) is 53.4 Å². The lowest BCUT2D eigenvalue weighted by molar-refractivity contribution is 0.214. The van der Waals surface area contributed by atoms with Gasteiger partial charge in [-0.15, -0.1) is 0 Å². The van der Waals surface area contributed by atoms with Crippen molar-refractivity contribution < 1.29 is 4.74 Å². The number of fused-ring (bicyclic) bond motifs is 3. The van der Waals surface area contributed by atoms with E-state index in [0.29, 0.717) is 5.92 Å². The van der Waals surface area contributed by atoms with Crippen molar-refractivity contribution in [2.45, 2.75) is 30.6 Å². The van der Waals surface area contributed by atoms with Crippen molar-refractivity contribution in [3.8, 4) is 5.75 Å². The molecule has 0 spiro atoms. The van der Waals surface area contributed by atoms with E-state index in [-0.39, 0.29) is 0 Å². The molecule has 1 saturated heterocycles. The highest BCUT2D eigenvalue weighted by atomic mass is 32.2. The summed E-state index contributed by atoms with van der Waals surface area (Å²) < 4.78 is 9.54. The van der Waals surface area contributed by atoms with Crippen molar-refractivity contribution in [1.82, 2.24) is 19.9 Å². The standard InChI is InChI=1S/C26H34N4OS/c1-2-5-25-23(4-1)24-18-20(6-11-26(24)29-25)19-28-32-22-9-7-21(8-10-22)31-17-3-14-30-15-12-27-13-16-30/h1-2,4-5,7-10,20,27-29H,3,6,11-19H2. The van der Waals surface area contributed by atoms with Gasteiger partial charge in [-0.2, -0.15) is 0 Å².